The molecule has 0 saturated carbocycles. The smallest absolute Gasteiger partial charge is 0.210 e. The Hall–Kier alpha value is -2.87. The van der Waals surface area contributed by atoms with Crippen LogP contribution in [0.25, 0.3) is 0 Å². The predicted octanol–water partition coefficient (Wildman–Crippen LogP) is 1.43. The Kier molecular flexibility index (Phi) is 5.80. The lowest BCUT2D eigenvalue weighted by Gasteiger charge is -2.38. The van der Waals surface area contributed by atoms with Gasteiger partial charge in [-0.3, -0.25) is 0 Å². The molecule has 0 radical (unpaired) electrons. The van der Waals surface area contributed by atoms with Gasteiger partial charge in [-0.1, -0.05) is 13.8 Å². The molecule has 29 heavy (non-hydrogen) atoms. The largest absolute Gasteiger partial charge is 0.497 e. The maximum absolute atomic E-state index is 5.49. The molecule has 1 atom stereocenters. The van der Waals surface area contributed by atoms with E-state index in [2.05, 4.69) is 46.4 Å². The molecular weight excluding hydrogens is 368 g/mol. The first kappa shape index (κ1) is 19.4. The fourth-order valence-corrected chi connectivity index (χ4v) is 4.21. The Bertz CT molecular complexity index is 882. The number of methoxy groups -OCH3 is 1. The van der Waals surface area contributed by atoms with Gasteiger partial charge in [0.1, 0.15) is 18.1 Å². The van der Waals surface area contributed by atoms with E-state index in [9.17, 15) is 0 Å². The number of benzene rings is 1. The summed E-state index contributed by atoms with van der Waals surface area (Å²) in [6.07, 6.45) is 1.68. The molecule has 0 unspecified atom stereocenters. The maximum atomic E-state index is 5.49. The van der Waals surface area contributed by atoms with Gasteiger partial charge in [-0.25, -0.2) is 4.68 Å². The van der Waals surface area contributed by atoms with E-state index in [1.165, 1.54) is 10.6 Å². The summed E-state index contributed by atoms with van der Waals surface area (Å²) in [5.74, 6) is 3.12. The van der Waals surface area contributed by atoms with Gasteiger partial charge in [0, 0.05) is 11.6 Å². The van der Waals surface area contributed by atoms with Crippen LogP contribution in [0.1, 0.15) is 31.5 Å². The Morgan fingerprint density at radius 3 is 2.52 bits per heavy atom. The third kappa shape index (κ3) is 4.27. The molecule has 4 rings (SSSR count). The number of nitrogens with one attached hydrogen (secondary N) is 1. The number of aromatic nitrogens is 4. The van der Waals surface area contributed by atoms with E-state index in [-0.39, 0.29) is 6.04 Å². The minimum absolute atomic E-state index is 0.248. The topological polar surface area (TPSA) is 73.7 Å². The van der Waals surface area contributed by atoms with Gasteiger partial charge < -0.3 is 19.0 Å². The van der Waals surface area contributed by atoms with Crippen LogP contribution in [0.15, 0.2) is 47.1 Å². The number of tetrazole rings is 1. The molecule has 0 amide bonds. The normalized spacial score (nSPS) is 16.3. The molecule has 0 aliphatic carbocycles. The minimum atomic E-state index is 0.248. The number of anilines is 1. The molecule has 1 aromatic carbocycles. The first-order chi connectivity index (χ1) is 14.2. The van der Waals surface area contributed by atoms with Crippen LogP contribution in [-0.2, 0) is 6.54 Å². The van der Waals surface area contributed by atoms with Crippen LogP contribution in [-0.4, -0.2) is 53.5 Å². The van der Waals surface area contributed by atoms with Crippen molar-refractivity contribution >= 4 is 5.69 Å². The van der Waals surface area contributed by atoms with Gasteiger partial charge >= 0.3 is 0 Å². The van der Waals surface area contributed by atoms with Crippen molar-refractivity contribution in [2.24, 2.45) is 5.92 Å². The molecule has 154 valence electrons. The molecule has 1 fully saturated rings. The summed E-state index contributed by atoms with van der Waals surface area (Å²) in [6.45, 7) is 9.16. The van der Waals surface area contributed by atoms with Gasteiger partial charge in [-0.15, -0.1) is 5.10 Å². The molecule has 1 saturated heterocycles. The number of furan rings is 1. The minimum Gasteiger partial charge on any atom is -0.497 e. The molecular formula is C21H29N6O2+. The van der Waals surface area contributed by atoms with Crippen molar-refractivity contribution in [1.82, 2.24) is 20.2 Å². The zero-order valence-electron chi connectivity index (χ0n) is 17.3. The van der Waals surface area contributed by atoms with E-state index in [4.69, 9.17) is 9.15 Å². The van der Waals surface area contributed by atoms with Gasteiger partial charge in [0.2, 0.25) is 5.82 Å². The summed E-state index contributed by atoms with van der Waals surface area (Å²) in [7, 11) is 1.70. The van der Waals surface area contributed by atoms with E-state index in [1.54, 1.807) is 13.4 Å². The monoisotopic (exact) mass is 397 g/mol. The number of ether oxygens (including phenoxy) is 1. The summed E-state index contributed by atoms with van der Waals surface area (Å²) < 4.78 is 12.6. The lowest BCUT2D eigenvalue weighted by molar-refractivity contribution is -0.937. The number of quaternary nitrogens is 1. The molecule has 1 aliphatic heterocycles. The van der Waals surface area contributed by atoms with Crippen LogP contribution < -0.4 is 14.5 Å². The molecule has 3 aromatic rings. The highest BCUT2D eigenvalue weighted by Crippen LogP contribution is 2.21. The first-order valence-corrected chi connectivity index (χ1v) is 10.2. The van der Waals surface area contributed by atoms with Gasteiger partial charge in [-0.2, -0.15) is 0 Å². The van der Waals surface area contributed by atoms with E-state index in [0.717, 1.165) is 43.5 Å². The van der Waals surface area contributed by atoms with Crippen molar-refractivity contribution < 1.29 is 14.1 Å². The van der Waals surface area contributed by atoms with Crippen molar-refractivity contribution in [1.29, 1.82) is 0 Å². The number of piperazine rings is 1. The van der Waals surface area contributed by atoms with Crippen LogP contribution in [0.3, 0.4) is 0 Å². The lowest BCUT2D eigenvalue weighted by atomic mass is 10.0. The van der Waals surface area contributed by atoms with Crippen LogP contribution in [0.5, 0.6) is 5.75 Å². The Labute approximate surface area is 171 Å². The van der Waals surface area contributed by atoms with Crippen molar-refractivity contribution in [3.63, 3.8) is 0 Å². The fourth-order valence-electron chi connectivity index (χ4n) is 4.21. The summed E-state index contributed by atoms with van der Waals surface area (Å²) >= 11 is 0. The molecule has 3 heterocycles. The highest BCUT2D eigenvalue weighted by atomic mass is 16.5. The predicted molar refractivity (Wildman–Crippen MR) is 109 cm³/mol. The van der Waals surface area contributed by atoms with E-state index in [1.807, 2.05) is 28.9 Å². The third-order valence-electron chi connectivity index (χ3n) is 5.67. The van der Waals surface area contributed by atoms with Gasteiger partial charge in [0.05, 0.1) is 39.6 Å². The number of hydrogen-bond donors (Lipinski definition) is 1. The van der Waals surface area contributed by atoms with E-state index < -0.39 is 0 Å². The maximum Gasteiger partial charge on any atom is 0.210 e. The third-order valence-corrected chi connectivity index (χ3v) is 5.67. The quantitative estimate of drug-likeness (QED) is 0.650. The van der Waals surface area contributed by atoms with E-state index >= 15 is 0 Å². The van der Waals surface area contributed by atoms with Crippen LogP contribution in [0.2, 0.25) is 0 Å². The molecule has 8 heteroatoms. The zero-order valence-corrected chi connectivity index (χ0v) is 17.3. The fraction of sp³-hybridized carbons (Fsp3) is 0.476. The lowest BCUT2D eigenvalue weighted by Crippen LogP contribution is -3.15. The number of hydrogen-bond acceptors (Lipinski definition) is 6. The second-order valence-electron chi connectivity index (χ2n) is 7.84. The Morgan fingerprint density at radius 2 is 1.90 bits per heavy atom. The SMILES string of the molecule is COc1ccc(N2CC[NH+]([C@H](c3nnnn3Cc3ccco3)C(C)C)CC2)cc1. The molecule has 0 spiro atoms. The average molecular weight is 398 g/mol. The summed E-state index contributed by atoms with van der Waals surface area (Å²) in [5, 5.41) is 12.6. The summed E-state index contributed by atoms with van der Waals surface area (Å²) in [5.41, 5.74) is 1.24. The van der Waals surface area contributed by atoms with Crippen molar-refractivity contribution in [2.75, 3.05) is 38.2 Å². The molecule has 2 aromatic heterocycles. The highest BCUT2D eigenvalue weighted by Gasteiger charge is 2.35. The van der Waals surface area contributed by atoms with Gasteiger partial charge in [0.15, 0.2) is 6.04 Å². The van der Waals surface area contributed by atoms with Crippen LogP contribution in [0.4, 0.5) is 5.69 Å². The van der Waals surface area contributed by atoms with Crippen LogP contribution >= 0.6 is 0 Å². The van der Waals surface area contributed by atoms with E-state index in [0.29, 0.717) is 12.5 Å². The second-order valence-corrected chi connectivity index (χ2v) is 7.84. The second kappa shape index (κ2) is 8.65. The van der Waals surface area contributed by atoms with Crippen molar-refractivity contribution in [2.45, 2.75) is 26.4 Å². The van der Waals surface area contributed by atoms with Gasteiger partial charge in [-0.05, 0) is 46.8 Å². The van der Waals surface area contributed by atoms with Crippen molar-refractivity contribution in [3.8, 4) is 5.75 Å². The Morgan fingerprint density at radius 1 is 1.14 bits per heavy atom. The Balaban J connectivity index is 1.46. The van der Waals surface area contributed by atoms with Crippen molar-refractivity contribution in [3.05, 3.63) is 54.2 Å². The molecule has 1 N–H and O–H groups in total. The highest BCUT2D eigenvalue weighted by molar-refractivity contribution is 5.49. The summed E-state index contributed by atoms with van der Waals surface area (Å²) in [4.78, 5) is 3.96. The molecule has 1 aliphatic rings. The standard InChI is InChI=1S/C21H28N6O2/c1-16(2)20(21-22-23-24-27(21)15-19-5-4-14-29-19)26-12-10-25(11-13-26)17-6-8-18(28-3)9-7-17/h4-9,14,16,20H,10-13,15H2,1-3H3/p+1/t20-/m0/s1. The molecule has 8 nitrogen and oxygen atoms in total. The average Bonchev–Trinajstić information content (AvgIpc) is 3.42. The molecule has 0 bridgehead atoms. The summed E-state index contributed by atoms with van der Waals surface area (Å²) in [6, 6.07) is 12.4. The van der Waals surface area contributed by atoms with Gasteiger partial charge in [0.25, 0.3) is 0 Å². The number of nitrogens with zero attached hydrogens (tertiary/aromatic N) is 5. The zero-order chi connectivity index (χ0) is 20.2. The van der Waals surface area contributed by atoms with Crippen LogP contribution in [0, 0.1) is 5.92 Å². The number of rotatable bonds is 7. The first-order valence-electron chi connectivity index (χ1n) is 10.2.